The number of carbonyl (C=O) groups excluding carboxylic acids is 2. The normalized spacial score (nSPS) is 18.6. The number of likely N-dealkylation sites (tertiary alicyclic amines) is 2. The summed E-state index contributed by atoms with van der Waals surface area (Å²) in [6, 6.07) is 5.53. The Bertz CT molecular complexity index is 885. The summed E-state index contributed by atoms with van der Waals surface area (Å²) in [5.41, 5.74) is 0.837. The first-order valence-electron chi connectivity index (χ1n) is 10.6. The van der Waals surface area contributed by atoms with E-state index in [1.165, 1.54) is 16.8 Å². The molecule has 4 rings (SSSR count). The molecule has 0 unspecified atom stereocenters. The van der Waals surface area contributed by atoms with Crippen molar-refractivity contribution < 1.29 is 14.0 Å². The van der Waals surface area contributed by atoms with Crippen LogP contribution in [0.4, 0.5) is 4.39 Å². The molecule has 8 nitrogen and oxygen atoms in total. The number of hydrogen-bond acceptors (Lipinski definition) is 5. The summed E-state index contributed by atoms with van der Waals surface area (Å²) in [5, 5.41) is 11.6. The Kier molecular flexibility index (Phi) is 6.06. The number of piperidine rings is 1. The van der Waals surface area contributed by atoms with Crippen LogP contribution >= 0.6 is 0 Å². The van der Waals surface area contributed by atoms with Crippen molar-refractivity contribution in [3.8, 4) is 0 Å². The zero-order chi connectivity index (χ0) is 21.1. The fraction of sp³-hybridized carbons (Fsp3) is 0.571. The Labute approximate surface area is 175 Å². The van der Waals surface area contributed by atoms with Gasteiger partial charge in [0.1, 0.15) is 17.7 Å². The molecule has 2 fully saturated rings. The molecule has 0 saturated carbocycles. The average Bonchev–Trinajstić information content (AvgIpc) is 3.45. The van der Waals surface area contributed by atoms with Crippen molar-refractivity contribution in [3.63, 3.8) is 0 Å². The third-order valence-corrected chi connectivity index (χ3v) is 6.15. The molecule has 2 aliphatic heterocycles. The molecule has 2 amide bonds. The Morgan fingerprint density at radius 3 is 2.33 bits per heavy atom. The van der Waals surface area contributed by atoms with Gasteiger partial charge in [-0.15, -0.1) is 5.10 Å². The number of benzene rings is 1. The van der Waals surface area contributed by atoms with Crippen molar-refractivity contribution >= 4 is 11.8 Å². The highest BCUT2D eigenvalue weighted by molar-refractivity contribution is 5.82. The third kappa shape index (κ3) is 4.34. The third-order valence-electron chi connectivity index (χ3n) is 6.15. The monoisotopic (exact) mass is 414 g/mol. The fourth-order valence-electron chi connectivity index (χ4n) is 4.40. The van der Waals surface area contributed by atoms with Crippen LogP contribution in [-0.2, 0) is 16.0 Å². The molecule has 160 valence electrons. The summed E-state index contributed by atoms with van der Waals surface area (Å²) in [6.07, 6.45) is 3.90. The van der Waals surface area contributed by atoms with Crippen molar-refractivity contribution in [3.05, 3.63) is 41.5 Å². The van der Waals surface area contributed by atoms with E-state index in [1.807, 2.05) is 9.80 Å². The summed E-state index contributed by atoms with van der Waals surface area (Å²) in [5.74, 6) is 0.401. The van der Waals surface area contributed by atoms with Crippen molar-refractivity contribution in [2.24, 2.45) is 5.92 Å². The summed E-state index contributed by atoms with van der Waals surface area (Å²) in [7, 11) is 0. The molecule has 2 saturated heterocycles. The Balaban J connectivity index is 1.45. The summed E-state index contributed by atoms with van der Waals surface area (Å²) in [6.45, 7) is 4.56. The van der Waals surface area contributed by atoms with E-state index in [1.54, 1.807) is 19.1 Å². The lowest BCUT2D eigenvalue weighted by Crippen LogP contribution is -2.46. The van der Waals surface area contributed by atoms with E-state index in [9.17, 15) is 14.0 Å². The van der Waals surface area contributed by atoms with Gasteiger partial charge in [-0.05, 0) is 60.7 Å². The number of hydrogen-bond donors (Lipinski definition) is 0. The van der Waals surface area contributed by atoms with Gasteiger partial charge >= 0.3 is 0 Å². The zero-order valence-corrected chi connectivity index (χ0v) is 17.2. The van der Waals surface area contributed by atoms with Crippen molar-refractivity contribution in [1.82, 2.24) is 30.0 Å². The molecule has 30 heavy (non-hydrogen) atoms. The van der Waals surface area contributed by atoms with Crippen LogP contribution in [0.25, 0.3) is 0 Å². The van der Waals surface area contributed by atoms with Crippen molar-refractivity contribution in [2.45, 2.75) is 45.1 Å². The highest BCUT2D eigenvalue weighted by atomic mass is 19.1. The number of aromatic nitrogens is 4. The van der Waals surface area contributed by atoms with Gasteiger partial charge in [0.15, 0.2) is 0 Å². The van der Waals surface area contributed by atoms with Gasteiger partial charge in [-0.2, -0.15) is 0 Å². The number of amides is 2. The average molecular weight is 414 g/mol. The number of rotatable bonds is 5. The van der Waals surface area contributed by atoms with E-state index in [4.69, 9.17) is 0 Å². The van der Waals surface area contributed by atoms with Gasteiger partial charge in [-0.3, -0.25) is 9.59 Å². The van der Waals surface area contributed by atoms with Gasteiger partial charge in [-0.1, -0.05) is 12.1 Å². The van der Waals surface area contributed by atoms with E-state index < -0.39 is 6.04 Å². The van der Waals surface area contributed by atoms with Crippen LogP contribution in [0.3, 0.4) is 0 Å². The maximum Gasteiger partial charge on any atom is 0.247 e. The second-order valence-electron chi connectivity index (χ2n) is 8.15. The molecule has 1 aromatic heterocycles. The number of nitrogens with zero attached hydrogens (tertiary/aromatic N) is 6. The van der Waals surface area contributed by atoms with Gasteiger partial charge in [0.05, 0.1) is 0 Å². The van der Waals surface area contributed by atoms with Crippen LogP contribution in [0.2, 0.25) is 0 Å². The lowest BCUT2D eigenvalue weighted by Gasteiger charge is -2.35. The molecule has 0 aliphatic carbocycles. The van der Waals surface area contributed by atoms with E-state index in [0.29, 0.717) is 38.2 Å². The van der Waals surface area contributed by atoms with Crippen LogP contribution in [0.5, 0.6) is 0 Å². The number of carbonyl (C=O) groups is 2. The van der Waals surface area contributed by atoms with Crippen LogP contribution in [0.1, 0.15) is 43.1 Å². The molecule has 2 aromatic rings. The second kappa shape index (κ2) is 8.89. The van der Waals surface area contributed by atoms with Crippen LogP contribution < -0.4 is 0 Å². The fourth-order valence-corrected chi connectivity index (χ4v) is 4.40. The van der Waals surface area contributed by atoms with Gasteiger partial charge in [0.25, 0.3) is 0 Å². The van der Waals surface area contributed by atoms with Gasteiger partial charge in [0.2, 0.25) is 11.8 Å². The molecular weight excluding hydrogens is 387 g/mol. The largest absolute Gasteiger partial charge is 0.342 e. The molecule has 0 spiro atoms. The van der Waals surface area contributed by atoms with E-state index in [2.05, 4.69) is 15.5 Å². The lowest BCUT2D eigenvalue weighted by atomic mass is 9.94. The highest BCUT2D eigenvalue weighted by Gasteiger charge is 2.34. The van der Waals surface area contributed by atoms with Crippen LogP contribution in [-0.4, -0.2) is 68.0 Å². The van der Waals surface area contributed by atoms with Crippen molar-refractivity contribution in [1.29, 1.82) is 0 Å². The topological polar surface area (TPSA) is 84.2 Å². The molecular formula is C21H27FN6O2. The maximum absolute atomic E-state index is 13.4. The molecule has 9 heteroatoms. The maximum atomic E-state index is 13.4. The molecule has 1 atom stereocenters. The molecule has 0 bridgehead atoms. The zero-order valence-electron chi connectivity index (χ0n) is 17.2. The molecule has 2 aliphatic rings. The van der Waals surface area contributed by atoms with Gasteiger partial charge in [0, 0.05) is 38.5 Å². The molecule has 0 radical (unpaired) electrons. The Hall–Kier alpha value is -2.84. The standard InChI is InChI=1S/C21H27FN6O2/c1-15-23-24-25-28(15)19(14-16-4-6-18(22)7-5-16)21(30)27-12-8-17(9-13-27)20(29)26-10-2-3-11-26/h4-7,17,19H,2-3,8-14H2,1H3/t19-/m1/s1. The second-order valence-corrected chi connectivity index (χ2v) is 8.15. The summed E-state index contributed by atoms with van der Waals surface area (Å²) >= 11 is 0. The Morgan fingerprint density at radius 1 is 1.07 bits per heavy atom. The SMILES string of the molecule is Cc1nnnn1[C@H](Cc1ccc(F)cc1)C(=O)N1CCC(C(=O)N2CCCC2)CC1. The number of aryl methyl sites for hydroxylation is 1. The minimum absolute atomic E-state index is 0.00234. The predicted molar refractivity (Wildman–Crippen MR) is 107 cm³/mol. The minimum Gasteiger partial charge on any atom is -0.342 e. The first kappa shape index (κ1) is 20.4. The predicted octanol–water partition coefficient (Wildman–Crippen LogP) is 1.77. The molecule has 1 aromatic carbocycles. The van der Waals surface area contributed by atoms with E-state index in [0.717, 1.165) is 31.5 Å². The number of halogens is 1. The first-order chi connectivity index (χ1) is 14.5. The minimum atomic E-state index is -0.601. The quantitative estimate of drug-likeness (QED) is 0.745. The van der Waals surface area contributed by atoms with Gasteiger partial charge < -0.3 is 9.80 Å². The highest BCUT2D eigenvalue weighted by Crippen LogP contribution is 2.25. The number of tetrazole rings is 1. The van der Waals surface area contributed by atoms with Crippen LogP contribution in [0.15, 0.2) is 24.3 Å². The summed E-state index contributed by atoms with van der Waals surface area (Å²) < 4.78 is 14.8. The van der Waals surface area contributed by atoms with E-state index in [-0.39, 0.29) is 23.5 Å². The van der Waals surface area contributed by atoms with Gasteiger partial charge in [-0.25, -0.2) is 9.07 Å². The summed E-state index contributed by atoms with van der Waals surface area (Å²) in [4.78, 5) is 29.8. The Morgan fingerprint density at radius 2 is 1.73 bits per heavy atom. The molecule has 0 N–H and O–H groups in total. The van der Waals surface area contributed by atoms with E-state index >= 15 is 0 Å². The first-order valence-corrected chi connectivity index (χ1v) is 10.6. The molecule has 3 heterocycles. The van der Waals surface area contributed by atoms with Crippen LogP contribution in [0, 0.1) is 18.7 Å². The smallest absolute Gasteiger partial charge is 0.247 e. The van der Waals surface area contributed by atoms with Crippen molar-refractivity contribution in [2.75, 3.05) is 26.2 Å². The lowest BCUT2D eigenvalue weighted by molar-refractivity contribution is -0.141.